The molecule has 1 aliphatic heterocycles. The van der Waals surface area contributed by atoms with Crippen molar-refractivity contribution >= 4 is 17.7 Å². The highest BCUT2D eigenvalue weighted by atomic mass is 16.4. The van der Waals surface area contributed by atoms with E-state index in [1.165, 1.54) is 5.56 Å². The van der Waals surface area contributed by atoms with Crippen LogP contribution in [0.3, 0.4) is 0 Å². The van der Waals surface area contributed by atoms with Crippen LogP contribution >= 0.6 is 0 Å². The Labute approximate surface area is 125 Å². The summed E-state index contributed by atoms with van der Waals surface area (Å²) in [5.41, 5.74) is 1.99. The highest BCUT2D eigenvalue weighted by Crippen LogP contribution is 2.25. The third kappa shape index (κ3) is 3.54. The summed E-state index contributed by atoms with van der Waals surface area (Å²) in [7, 11) is 0. The van der Waals surface area contributed by atoms with Crippen LogP contribution in [0.25, 0.3) is 0 Å². The maximum Gasteiger partial charge on any atom is 0.322 e. The fraction of sp³-hybridized carbons (Fsp3) is 0.500. The van der Waals surface area contributed by atoms with Crippen LogP contribution in [-0.2, 0) is 11.2 Å². The van der Waals surface area contributed by atoms with E-state index in [2.05, 4.69) is 12.2 Å². The van der Waals surface area contributed by atoms with Gasteiger partial charge in [-0.05, 0) is 37.5 Å². The average molecular weight is 290 g/mol. The first-order valence-corrected chi connectivity index (χ1v) is 7.42. The Hall–Kier alpha value is -2.04. The normalized spacial score (nSPS) is 21.3. The van der Waals surface area contributed by atoms with E-state index in [9.17, 15) is 9.59 Å². The molecule has 1 aromatic carbocycles. The lowest BCUT2D eigenvalue weighted by atomic mass is 10.0. The number of anilines is 1. The Kier molecular flexibility index (Phi) is 4.83. The fourth-order valence-electron chi connectivity index (χ4n) is 2.80. The van der Waals surface area contributed by atoms with Gasteiger partial charge < -0.3 is 15.3 Å². The number of urea groups is 1. The molecule has 0 bridgehead atoms. The van der Waals surface area contributed by atoms with Gasteiger partial charge in [0, 0.05) is 18.3 Å². The summed E-state index contributed by atoms with van der Waals surface area (Å²) in [6, 6.07) is 7.28. The molecule has 0 saturated carbocycles. The van der Waals surface area contributed by atoms with E-state index < -0.39 is 11.9 Å². The number of aliphatic carboxylic acids is 1. The molecule has 114 valence electrons. The van der Waals surface area contributed by atoms with E-state index >= 15 is 0 Å². The minimum Gasteiger partial charge on any atom is -0.481 e. The van der Waals surface area contributed by atoms with Crippen LogP contribution in [0, 0.1) is 5.92 Å². The highest BCUT2D eigenvalue weighted by molar-refractivity contribution is 5.90. The molecule has 2 atom stereocenters. The van der Waals surface area contributed by atoms with Gasteiger partial charge in [0.05, 0.1) is 5.92 Å². The first-order chi connectivity index (χ1) is 10.0. The number of nitrogens with one attached hydrogen (secondary N) is 1. The second-order valence-electron chi connectivity index (χ2n) is 5.54. The molecular formula is C16H22N2O3. The van der Waals surface area contributed by atoms with Crippen molar-refractivity contribution in [3.63, 3.8) is 0 Å². The Morgan fingerprint density at radius 1 is 1.33 bits per heavy atom. The molecule has 2 unspecified atom stereocenters. The predicted octanol–water partition coefficient (Wildman–Crippen LogP) is 2.97. The van der Waals surface area contributed by atoms with Crippen molar-refractivity contribution in [2.24, 2.45) is 5.92 Å². The van der Waals surface area contributed by atoms with Gasteiger partial charge in [0.2, 0.25) is 0 Å². The molecule has 1 heterocycles. The molecular weight excluding hydrogens is 268 g/mol. The van der Waals surface area contributed by atoms with E-state index in [-0.39, 0.29) is 12.1 Å². The lowest BCUT2D eigenvalue weighted by Crippen LogP contribution is -2.40. The molecule has 5 nitrogen and oxygen atoms in total. The summed E-state index contributed by atoms with van der Waals surface area (Å²) in [4.78, 5) is 24.9. The minimum absolute atomic E-state index is 0.227. The van der Waals surface area contributed by atoms with Gasteiger partial charge >= 0.3 is 12.0 Å². The van der Waals surface area contributed by atoms with Gasteiger partial charge in [-0.25, -0.2) is 4.79 Å². The lowest BCUT2D eigenvalue weighted by Gasteiger charge is -2.23. The van der Waals surface area contributed by atoms with E-state index in [1.54, 1.807) is 11.8 Å². The summed E-state index contributed by atoms with van der Waals surface area (Å²) < 4.78 is 0. The molecule has 0 spiro atoms. The van der Waals surface area contributed by atoms with Crippen molar-refractivity contribution in [2.45, 2.75) is 39.2 Å². The van der Waals surface area contributed by atoms with Crippen LogP contribution < -0.4 is 5.32 Å². The monoisotopic (exact) mass is 290 g/mol. The highest BCUT2D eigenvalue weighted by Gasteiger charge is 2.38. The summed E-state index contributed by atoms with van der Waals surface area (Å²) in [5.74, 6) is -1.30. The second kappa shape index (κ2) is 6.61. The Balaban J connectivity index is 1.97. The van der Waals surface area contributed by atoms with Gasteiger partial charge in [-0.3, -0.25) is 4.79 Å². The van der Waals surface area contributed by atoms with Crippen molar-refractivity contribution in [1.82, 2.24) is 4.90 Å². The zero-order chi connectivity index (χ0) is 15.4. The van der Waals surface area contributed by atoms with Gasteiger partial charge in [-0.1, -0.05) is 25.5 Å². The molecule has 21 heavy (non-hydrogen) atoms. The molecule has 5 heteroatoms. The molecule has 1 aromatic rings. The van der Waals surface area contributed by atoms with Crippen molar-refractivity contribution in [2.75, 3.05) is 11.9 Å². The number of carbonyl (C=O) groups is 2. The molecule has 0 aliphatic carbocycles. The van der Waals surface area contributed by atoms with Gasteiger partial charge in [-0.2, -0.15) is 0 Å². The van der Waals surface area contributed by atoms with E-state index in [4.69, 9.17) is 5.11 Å². The number of aryl methyl sites for hydroxylation is 1. The molecule has 0 aromatic heterocycles. The van der Waals surface area contributed by atoms with Gasteiger partial charge in [0.1, 0.15) is 0 Å². The fourth-order valence-corrected chi connectivity index (χ4v) is 2.80. The number of rotatable bonds is 4. The van der Waals surface area contributed by atoms with Crippen LogP contribution in [0.15, 0.2) is 24.3 Å². The second-order valence-corrected chi connectivity index (χ2v) is 5.54. The third-order valence-electron chi connectivity index (χ3n) is 4.08. The first kappa shape index (κ1) is 15.4. The quantitative estimate of drug-likeness (QED) is 0.895. The van der Waals surface area contributed by atoms with Crippen molar-refractivity contribution < 1.29 is 14.7 Å². The number of nitrogens with zero attached hydrogens (tertiary/aromatic N) is 1. The van der Waals surface area contributed by atoms with Crippen molar-refractivity contribution in [3.8, 4) is 0 Å². The van der Waals surface area contributed by atoms with Crippen LogP contribution in [0.2, 0.25) is 0 Å². The van der Waals surface area contributed by atoms with E-state index in [1.807, 2.05) is 24.3 Å². The number of likely N-dealkylation sites (tertiary alicyclic amines) is 1. The number of carboxylic acids is 1. The van der Waals surface area contributed by atoms with Gasteiger partial charge in [0.25, 0.3) is 0 Å². The number of hydrogen-bond acceptors (Lipinski definition) is 2. The lowest BCUT2D eigenvalue weighted by molar-refractivity contribution is -0.142. The van der Waals surface area contributed by atoms with Crippen LogP contribution in [0.1, 0.15) is 32.3 Å². The number of benzene rings is 1. The molecule has 1 fully saturated rings. The minimum atomic E-state index is -0.832. The third-order valence-corrected chi connectivity index (χ3v) is 4.08. The molecule has 2 amide bonds. The number of hydrogen-bond donors (Lipinski definition) is 2. The zero-order valence-corrected chi connectivity index (χ0v) is 12.5. The van der Waals surface area contributed by atoms with Crippen molar-refractivity contribution in [3.05, 3.63) is 29.8 Å². The predicted molar refractivity (Wildman–Crippen MR) is 81.4 cm³/mol. The first-order valence-electron chi connectivity index (χ1n) is 7.42. The maximum absolute atomic E-state index is 12.2. The summed E-state index contributed by atoms with van der Waals surface area (Å²) >= 11 is 0. The van der Waals surface area contributed by atoms with Crippen LogP contribution in [-0.4, -0.2) is 34.6 Å². The van der Waals surface area contributed by atoms with Crippen LogP contribution in [0.4, 0.5) is 10.5 Å². The van der Waals surface area contributed by atoms with Crippen LogP contribution in [0.5, 0.6) is 0 Å². The Morgan fingerprint density at radius 3 is 2.52 bits per heavy atom. The Morgan fingerprint density at radius 2 is 2.00 bits per heavy atom. The van der Waals surface area contributed by atoms with Crippen molar-refractivity contribution in [1.29, 1.82) is 0 Å². The molecule has 2 N–H and O–H groups in total. The topological polar surface area (TPSA) is 69.6 Å². The number of carboxylic acid groups (broad SMARTS) is 1. The van der Waals surface area contributed by atoms with Gasteiger partial charge in [0.15, 0.2) is 0 Å². The number of amides is 2. The smallest absolute Gasteiger partial charge is 0.322 e. The summed E-state index contributed by atoms with van der Waals surface area (Å²) in [5, 5.41) is 11.9. The average Bonchev–Trinajstić information content (AvgIpc) is 2.83. The molecule has 2 rings (SSSR count). The summed E-state index contributed by atoms with van der Waals surface area (Å²) in [6.07, 6.45) is 2.63. The standard InChI is InChI=1S/C16H22N2O3/c1-3-4-12-5-7-13(8-6-12)17-16(21)18-10-9-14(11(18)2)15(19)20/h5-8,11,14H,3-4,9-10H2,1-2H3,(H,17,21)(H,19,20). The SMILES string of the molecule is CCCc1ccc(NC(=O)N2CCC(C(=O)O)C2C)cc1. The van der Waals surface area contributed by atoms with Gasteiger partial charge in [-0.15, -0.1) is 0 Å². The zero-order valence-electron chi connectivity index (χ0n) is 12.5. The maximum atomic E-state index is 12.2. The number of carbonyl (C=O) groups excluding carboxylic acids is 1. The van der Waals surface area contributed by atoms with E-state index in [0.29, 0.717) is 13.0 Å². The Bertz CT molecular complexity index is 513. The van der Waals surface area contributed by atoms with E-state index in [0.717, 1.165) is 18.5 Å². The molecule has 0 radical (unpaired) electrons. The molecule has 1 saturated heterocycles. The molecule has 1 aliphatic rings. The largest absolute Gasteiger partial charge is 0.481 e. The summed E-state index contributed by atoms with van der Waals surface area (Å²) in [6.45, 7) is 4.40.